The summed E-state index contributed by atoms with van der Waals surface area (Å²) in [6, 6.07) is 19.6. The molecule has 0 aliphatic carbocycles. The average Bonchev–Trinajstić information content (AvgIpc) is 3.73. The van der Waals surface area contributed by atoms with Crippen molar-refractivity contribution in [1.29, 1.82) is 0 Å². The van der Waals surface area contributed by atoms with Gasteiger partial charge in [0.1, 0.15) is 29.1 Å². The number of alkyl halides is 3. The van der Waals surface area contributed by atoms with Gasteiger partial charge in [-0.1, -0.05) is 53.8 Å². The molecule has 244 valence electrons. The fourth-order valence-electron chi connectivity index (χ4n) is 5.56. The smallest absolute Gasteiger partial charge is 0.497 e. The molecule has 1 unspecified atom stereocenters. The Morgan fingerprint density at radius 1 is 1.00 bits per heavy atom. The minimum Gasteiger partial charge on any atom is -0.497 e. The van der Waals surface area contributed by atoms with Crippen LogP contribution in [0, 0.1) is 0 Å². The van der Waals surface area contributed by atoms with Crippen molar-refractivity contribution in [2.45, 2.75) is 38.3 Å². The van der Waals surface area contributed by atoms with Gasteiger partial charge in [0.25, 0.3) is 5.56 Å². The number of carbonyl (C=O) groups is 1. The van der Waals surface area contributed by atoms with Crippen LogP contribution in [-0.2, 0) is 17.9 Å². The molecule has 1 aliphatic rings. The average molecular weight is 666 g/mol. The molecule has 1 aliphatic heterocycles. The predicted octanol–water partition coefficient (Wildman–Crippen LogP) is 5.77. The summed E-state index contributed by atoms with van der Waals surface area (Å²) in [5.74, 6) is 0.201. The van der Waals surface area contributed by atoms with Crippen molar-refractivity contribution >= 4 is 32.7 Å². The van der Waals surface area contributed by atoms with Crippen LogP contribution in [0.15, 0.2) is 77.6 Å². The van der Waals surface area contributed by atoms with Crippen molar-refractivity contribution in [3.8, 4) is 28.6 Å². The Bertz CT molecular complexity index is 1960. The van der Waals surface area contributed by atoms with Crippen LogP contribution in [-0.4, -0.2) is 53.6 Å². The number of ether oxygens (including phenoxy) is 3. The topological polar surface area (TPSA) is 108 Å². The molecule has 1 N–H and O–H groups in total. The van der Waals surface area contributed by atoms with Gasteiger partial charge < -0.3 is 24.4 Å². The third-order valence-corrected chi connectivity index (χ3v) is 8.78. The molecule has 10 nitrogen and oxygen atoms in total. The van der Waals surface area contributed by atoms with E-state index in [1.807, 2.05) is 35.2 Å². The first-order chi connectivity index (χ1) is 22.6. The first-order valence-electron chi connectivity index (χ1n) is 14.7. The largest absolute Gasteiger partial charge is 0.573 e. The van der Waals surface area contributed by atoms with E-state index >= 15 is 0 Å². The zero-order valence-corrected chi connectivity index (χ0v) is 26.2. The number of hydrogen-bond acceptors (Lipinski definition) is 9. The maximum absolute atomic E-state index is 14.2. The number of carbonyl (C=O) groups excluding carboxylic acids is 1. The van der Waals surface area contributed by atoms with E-state index in [0.717, 1.165) is 23.3 Å². The van der Waals surface area contributed by atoms with Gasteiger partial charge in [-0.15, -0.1) is 13.2 Å². The van der Waals surface area contributed by atoms with Crippen LogP contribution in [0.5, 0.6) is 17.2 Å². The normalized spacial score (nSPS) is 14.7. The lowest BCUT2D eigenvalue weighted by atomic mass is 10.1. The van der Waals surface area contributed by atoms with E-state index in [1.165, 1.54) is 43.1 Å². The summed E-state index contributed by atoms with van der Waals surface area (Å²) in [6.45, 7) is 0.801. The van der Waals surface area contributed by atoms with Crippen LogP contribution in [0.1, 0.15) is 24.0 Å². The molecule has 14 heteroatoms. The molecule has 6 rings (SSSR count). The lowest BCUT2D eigenvalue weighted by molar-refractivity contribution is -0.274. The molecule has 3 heterocycles. The lowest BCUT2D eigenvalue weighted by Gasteiger charge is -2.23. The Hall–Kier alpha value is -5.11. The minimum absolute atomic E-state index is 0.0331. The number of para-hydroxylation sites is 1. The number of rotatable bonds is 10. The lowest BCUT2D eigenvalue weighted by Crippen LogP contribution is -2.43. The number of nitrogens with zero attached hydrogens (tertiary/aromatic N) is 4. The summed E-state index contributed by atoms with van der Waals surface area (Å²) < 4.78 is 56.7. The maximum Gasteiger partial charge on any atom is 0.573 e. The van der Waals surface area contributed by atoms with Gasteiger partial charge in [0.05, 0.1) is 26.3 Å². The molecule has 1 amide bonds. The van der Waals surface area contributed by atoms with Gasteiger partial charge in [-0.05, 0) is 42.7 Å². The zero-order chi connectivity index (χ0) is 33.1. The monoisotopic (exact) mass is 665 g/mol. The molecular weight excluding hydrogens is 635 g/mol. The quantitative estimate of drug-likeness (QED) is 0.201. The molecule has 3 aromatic carbocycles. The van der Waals surface area contributed by atoms with Gasteiger partial charge in [0.2, 0.25) is 5.91 Å². The van der Waals surface area contributed by atoms with Crippen LogP contribution in [0.3, 0.4) is 0 Å². The number of hydrogen-bond donors (Lipinski definition) is 1. The first kappa shape index (κ1) is 31.9. The molecule has 0 saturated carbocycles. The van der Waals surface area contributed by atoms with Gasteiger partial charge in [-0.25, -0.2) is 9.97 Å². The molecule has 0 radical (unpaired) electrons. The summed E-state index contributed by atoms with van der Waals surface area (Å²) in [7, 11) is 2.97. The Balaban J connectivity index is 1.42. The summed E-state index contributed by atoms with van der Waals surface area (Å²) in [5.41, 5.74) is 0.941. The van der Waals surface area contributed by atoms with Gasteiger partial charge in [-0.3, -0.25) is 14.2 Å². The molecule has 5 aromatic rings. The molecule has 2 aromatic heterocycles. The highest BCUT2D eigenvalue weighted by atomic mass is 32.1. The van der Waals surface area contributed by atoms with Crippen LogP contribution < -0.4 is 30.0 Å². The van der Waals surface area contributed by atoms with E-state index in [2.05, 4.69) is 15.0 Å². The van der Waals surface area contributed by atoms with Crippen molar-refractivity contribution in [3.63, 3.8) is 0 Å². The molecule has 1 fully saturated rings. The third-order valence-electron chi connectivity index (χ3n) is 7.80. The van der Waals surface area contributed by atoms with Crippen molar-refractivity contribution in [3.05, 3.63) is 94.3 Å². The highest BCUT2D eigenvalue weighted by molar-refractivity contribution is 7.21. The summed E-state index contributed by atoms with van der Waals surface area (Å²) in [4.78, 5) is 38.9. The Morgan fingerprint density at radius 3 is 2.51 bits per heavy atom. The molecule has 1 atom stereocenters. The number of thiazole rings is 1. The van der Waals surface area contributed by atoms with E-state index < -0.39 is 23.7 Å². The van der Waals surface area contributed by atoms with Gasteiger partial charge >= 0.3 is 6.36 Å². The first-order valence-corrected chi connectivity index (χ1v) is 15.5. The summed E-state index contributed by atoms with van der Waals surface area (Å²) in [5, 5.41) is 3.41. The van der Waals surface area contributed by atoms with E-state index in [4.69, 9.17) is 14.5 Å². The van der Waals surface area contributed by atoms with E-state index in [9.17, 15) is 22.8 Å². The highest BCUT2D eigenvalue weighted by Gasteiger charge is 2.35. The number of amides is 1. The number of benzene rings is 3. The van der Waals surface area contributed by atoms with Crippen molar-refractivity contribution < 1.29 is 32.2 Å². The molecule has 0 spiro atoms. The standard InChI is InChI=1S/C33H30F3N5O5S/c1-44-22-15-14-21(26(17-22)45-2)19-41-28(23-11-6-7-13-25(23)46-33(34,35)36)39-30-27(31(41)43)38-32(47-30)40-16-8-12-24(40)29(42)37-18-20-9-4-3-5-10-20/h3-7,9-11,13-15,17,24H,8,12,16,18-19H2,1-2H3,(H,37,42). The summed E-state index contributed by atoms with van der Waals surface area (Å²) in [6.07, 6.45) is -3.64. The Morgan fingerprint density at radius 2 is 1.77 bits per heavy atom. The zero-order valence-electron chi connectivity index (χ0n) is 25.4. The fraction of sp³-hybridized carbons (Fsp3) is 0.273. The van der Waals surface area contributed by atoms with Crippen LogP contribution in [0.4, 0.5) is 18.3 Å². The van der Waals surface area contributed by atoms with Crippen LogP contribution >= 0.6 is 11.3 Å². The maximum atomic E-state index is 14.2. The van der Waals surface area contributed by atoms with Gasteiger partial charge in [0, 0.05) is 24.7 Å². The molecular formula is C33H30F3N5O5S. The van der Waals surface area contributed by atoms with Gasteiger partial charge in [-0.2, -0.15) is 0 Å². The minimum atomic E-state index is -4.98. The van der Waals surface area contributed by atoms with Crippen LogP contribution in [0.2, 0.25) is 0 Å². The number of aromatic nitrogens is 3. The predicted molar refractivity (Wildman–Crippen MR) is 171 cm³/mol. The second-order valence-electron chi connectivity index (χ2n) is 10.8. The molecule has 0 bridgehead atoms. The van der Waals surface area contributed by atoms with E-state index in [1.54, 1.807) is 18.2 Å². The number of nitrogens with one attached hydrogen (secondary N) is 1. The second kappa shape index (κ2) is 13.3. The number of methoxy groups -OCH3 is 2. The third kappa shape index (κ3) is 6.87. The number of fused-ring (bicyclic) bond motifs is 1. The van der Waals surface area contributed by atoms with Gasteiger partial charge in [0.15, 0.2) is 15.5 Å². The van der Waals surface area contributed by atoms with E-state index in [-0.39, 0.29) is 34.2 Å². The fourth-order valence-corrected chi connectivity index (χ4v) is 6.57. The highest BCUT2D eigenvalue weighted by Crippen LogP contribution is 2.37. The number of anilines is 1. The number of halogens is 3. The molecule has 1 saturated heterocycles. The summed E-state index contributed by atoms with van der Waals surface area (Å²) >= 11 is 1.11. The Kier molecular flexibility index (Phi) is 9.03. The van der Waals surface area contributed by atoms with Crippen LogP contribution in [0.25, 0.3) is 21.7 Å². The van der Waals surface area contributed by atoms with E-state index in [0.29, 0.717) is 41.7 Å². The van der Waals surface area contributed by atoms with Crippen molar-refractivity contribution in [1.82, 2.24) is 19.9 Å². The van der Waals surface area contributed by atoms with Crippen molar-refractivity contribution in [2.75, 3.05) is 25.7 Å². The SMILES string of the molecule is COc1ccc(Cn2c(-c3ccccc3OC(F)(F)F)nc3sc(N4CCCC4C(=O)NCc4ccccc4)nc3c2=O)c(OC)c1. The Labute approximate surface area is 271 Å². The second-order valence-corrected chi connectivity index (χ2v) is 11.7. The molecule has 47 heavy (non-hydrogen) atoms. The van der Waals surface area contributed by atoms with Crippen molar-refractivity contribution in [2.24, 2.45) is 0 Å².